The Bertz CT molecular complexity index is 1200. The van der Waals surface area contributed by atoms with Crippen LogP contribution in [0.5, 0.6) is 5.75 Å². The van der Waals surface area contributed by atoms with E-state index in [2.05, 4.69) is 5.32 Å². The van der Waals surface area contributed by atoms with Gasteiger partial charge in [0.2, 0.25) is 0 Å². The van der Waals surface area contributed by atoms with Crippen molar-refractivity contribution in [1.82, 2.24) is 4.31 Å². The summed E-state index contributed by atoms with van der Waals surface area (Å²) in [5, 5.41) is 2.78. The summed E-state index contributed by atoms with van der Waals surface area (Å²) in [5.74, 6) is -0.375. The standard InChI is InChI=1S/C23H22N2O5S2/c26-21(16-20-12-13-22(31-20)32(28,29)25-14-4-5-15-25)30-19-10-8-18(9-11-19)24-23(27)17-6-2-1-3-7-17/h1-3,6-13H,4-5,14-16H2,(H,24,27). The van der Waals surface area contributed by atoms with Gasteiger partial charge in [-0.25, -0.2) is 8.42 Å². The molecule has 1 aliphatic heterocycles. The quantitative estimate of drug-likeness (QED) is 0.417. The molecule has 166 valence electrons. The summed E-state index contributed by atoms with van der Waals surface area (Å²) in [6.45, 7) is 1.08. The Hall–Kier alpha value is -3.01. The highest BCUT2D eigenvalue weighted by atomic mass is 32.2. The number of ether oxygens (including phenoxy) is 1. The lowest BCUT2D eigenvalue weighted by Gasteiger charge is -2.13. The van der Waals surface area contributed by atoms with Gasteiger partial charge in [0.25, 0.3) is 15.9 Å². The summed E-state index contributed by atoms with van der Waals surface area (Å²) < 4.78 is 32.3. The van der Waals surface area contributed by atoms with Gasteiger partial charge in [0.1, 0.15) is 9.96 Å². The molecular formula is C23H22N2O5S2. The number of nitrogens with zero attached hydrogens (tertiary/aromatic N) is 1. The van der Waals surface area contributed by atoms with E-state index in [4.69, 9.17) is 4.74 Å². The van der Waals surface area contributed by atoms with Crippen molar-refractivity contribution in [3.8, 4) is 5.75 Å². The fourth-order valence-electron chi connectivity index (χ4n) is 3.36. The number of hydrogen-bond donors (Lipinski definition) is 1. The van der Waals surface area contributed by atoms with Gasteiger partial charge in [0.15, 0.2) is 0 Å². The Morgan fingerprint density at radius 3 is 2.31 bits per heavy atom. The van der Waals surface area contributed by atoms with Crippen LogP contribution in [0, 0.1) is 0 Å². The Kier molecular flexibility index (Phi) is 6.69. The molecule has 32 heavy (non-hydrogen) atoms. The minimum absolute atomic E-state index is 0.0211. The molecule has 0 radical (unpaired) electrons. The first-order valence-electron chi connectivity index (χ1n) is 10.2. The molecule has 1 aliphatic rings. The normalized spacial score (nSPS) is 14.2. The zero-order chi connectivity index (χ0) is 22.6. The van der Waals surface area contributed by atoms with Crippen molar-refractivity contribution in [2.24, 2.45) is 0 Å². The number of amides is 1. The molecule has 9 heteroatoms. The van der Waals surface area contributed by atoms with Gasteiger partial charge in [0, 0.05) is 29.2 Å². The molecule has 0 unspecified atom stereocenters. The van der Waals surface area contributed by atoms with E-state index in [1.807, 2.05) is 6.07 Å². The third-order valence-corrected chi connectivity index (χ3v) is 8.45. The second kappa shape index (κ2) is 9.64. The van der Waals surface area contributed by atoms with Crippen molar-refractivity contribution >= 4 is 38.9 Å². The minimum Gasteiger partial charge on any atom is -0.426 e. The van der Waals surface area contributed by atoms with Crippen LogP contribution < -0.4 is 10.1 Å². The van der Waals surface area contributed by atoms with Gasteiger partial charge in [-0.3, -0.25) is 9.59 Å². The molecule has 0 aliphatic carbocycles. The highest BCUT2D eigenvalue weighted by Crippen LogP contribution is 2.28. The molecule has 1 saturated heterocycles. The molecule has 0 bridgehead atoms. The van der Waals surface area contributed by atoms with Crippen LogP contribution in [0.25, 0.3) is 0 Å². The molecule has 1 amide bonds. The van der Waals surface area contributed by atoms with Gasteiger partial charge in [-0.1, -0.05) is 18.2 Å². The Balaban J connectivity index is 1.33. The van der Waals surface area contributed by atoms with Crippen LogP contribution in [-0.2, 0) is 21.2 Å². The summed E-state index contributed by atoms with van der Waals surface area (Å²) >= 11 is 1.09. The van der Waals surface area contributed by atoms with Crippen LogP contribution >= 0.6 is 11.3 Å². The third kappa shape index (κ3) is 5.24. The first-order chi connectivity index (χ1) is 15.4. The summed E-state index contributed by atoms with van der Waals surface area (Å²) in [6, 6.07) is 18.5. The van der Waals surface area contributed by atoms with Crippen molar-refractivity contribution in [2.45, 2.75) is 23.5 Å². The number of hydrogen-bond acceptors (Lipinski definition) is 6. The van der Waals surface area contributed by atoms with Crippen molar-refractivity contribution in [2.75, 3.05) is 18.4 Å². The highest BCUT2D eigenvalue weighted by molar-refractivity contribution is 7.91. The number of carbonyl (C=O) groups is 2. The number of esters is 1. The van der Waals surface area contributed by atoms with E-state index in [0.29, 0.717) is 35.0 Å². The summed E-state index contributed by atoms with van der Waals surface area (Å²) in [7, 11) is -3.48. The number of carbonyl (C=O) groups excluding carboxylic acids is 2. The number of anilines is 1. The maximum absolute atomic E-state index is 12.6. The predicted octanol–water partition coefficient (Wildman–Crippen LogP) is 3.93. The second-order valence-corrected chi connectivity index (χ2v) is 10.7. The van der Waals surface area contributed by atoms with Gasteiger partial charge in [-0.2, -0.15) is 4.31 Å². The first kappa shape index (κ1) is 22.2. The highest BCUT2D eigenvalue weighted by Gasteiger charge is 2.28. The maximum Gasteiger partial charge on any atom is 0.316 e. The van der Waals surface area contributed by atoms with E-state index >= 15 is 0 Å². The van der Waals surface area contributed by atoms with Crippen LogP contribution in [0.3, 0.4) is 0 Å². The van der Waals surface area contributed by atoms with Crippen LogP contribution in [0.4, 0.5) is 5.69 Å². The number of benzene rings is 2. The predicted molar refractivity (Wildman–Crippen MR) is 122 cm³/mol. The Morgan fingerprint density at radius 1 is 0.938 bits per heavy atom. The Morgan fingerprint density at radius 2 is 1.62 bits per heavy atom. The molecule has 2 aromatic carbocycles. The van der Waals surface area contributed by atoms with Gasteiger partial charge in [-0.15, -0.1) is 11.3 Å². The van der Waals surface area contributed by atoms with Gasteiger partial charge < -0.3 is 10.1 Å². The molecular weight excluding hydrogens is 448 g/mol. The molecule has 0 atom stereocenters. The largest absolute Gasteiger partial charge is 0.426 e. The number of thiophene rings is 1. The summed E-state index contributed by atoms with van der Waals surface area (Å²) in [5.41, 5.74) is 1.12. The molecule has 1 fully saturated rings. The molecule has 1 N–H and O–H groups in total. The average molecular weight is 471 g/mol. The van der Waals surface area contributed by atoms with E-state index < -0.39 is 16.0 Å². The second-order valence-electron chi connectivity index (χ2n) is 7.33. The number of nitrogens with one attached hydrogen (secondary N) is 1. The van der Waals surface area contributed by atoms with Crippen LogP contribution in [0.15, 0.2) is 70.9 Å². The lowest BCUT2D eigenvalue weighted by atomic mass is 10.2. The number of sulfonamides is 1. The molecule has 3 aromatic rings. The molecule has 0 spiro atoms. The van der Waals surface area contributed by atoms with E-state index in [0.717, 1.165) is 24.2 Å². The fraction of sp³-hybridized carbons (Fsp3) is 0.217. The lowest BCUT2D eigenvalue weighted by molar-refractivity contribution is -0.133. The van der Waals surface area contributed by atoms with E-state index in [1.165, 1.54) is 4.31 Å². The van der Waals surface area contributed by atoms with E-state index in [9.17, 15) is 18.0 Å². The summed E-state index contributed by atoms with van der Waals surface area (Å²) in [4.78, 5) is 25.1. The van der Waals surface area contributed by atoms with Gasteiger partial charge in [0.05, 0.1) is 6.42 Å². The van der Waals surface area contributed by atoms with Gasteiger partial charge in [-0.05, 0) is 61.4 Å². The lowest BCUT2D eigenvalue weighted by Crippen LogP contribution is -2.27. The zero-order valence-electron chi connectivity index (χ0n) is 17.2. The SMILES string of the molecule is O=C(Cc1ccc(S(=O)(=O)N2CCCC2)s1)Oc1ccc(NC(=O)c2ccccc2)cc1. The van der Waals surface area contributed by atoms with E-state index in [1.54, 1.807) is 60.7 Å². The van der Waals surface area contributed by atoms with Gasteiger partial charge >= 0.3 is 5.97 Å². The van der Waals surface area contributed by atoms with Crippen LogP contribution in [0.1, 0.15) is 28.1 Å². The smallest absolute Gasteiger partial charge is 0.316 e. The maximum atomic E-state index is 12.6. The Labute approximate surface area is 190 Å². The monoisotopic (exact) mass is 470 g/mol. The molecule has 1 aromatic heterocycles. The number of rotatable bonds is 7. The zero-order valence-corrected chi connectivity index (χ0v) is 18.8. The average Bonchev–Trinajstić information content (AvgIpc) is 3.49. The first-order valence-corrected chi connectivity index (χ1v) is 12.4. The molecule has 2 heterocycles. The summed E-state index contributed by atoms with van der Waals surface area (Å²) in [6.07, 6.45) is 1.73. The molecule has 4 rings (SSSR count). The fourth-order valence-corrected chi connectivity index (χ4v) is 6.37. The van der Waals surface area contributed by atoms with Crippen molar-refractivity contribution in [1.29, 1.82) is 0 Å². The van der Waals surface area contributed by atoms with Crippen molar-refractivity contribution in [3.63, 3.8) is 0 Å². The minimum atomic E-state index is -3.48. The molecule has 0 saturated carbocycles. The topological polar surface area (TPSA) is 92.8 Å². The van der Waals surface area contributed by atoms with Crippen LogP contribution in [0.2, 0.25) is 0 Å². The molecule has 7 nitrogen and oxygen atoms in total. The van der Waals surface area contributed by atoms with Crippen molar-refractivity contribution < 1.29 is 22.7 Å². The van der Waals surface area contributed by atoms with Crippen LogP contribution in [-0.4, -0.2) is 37.7 Å². The third-order valence-electron chi connectivity index (χ3n) is 4.99. The van der Waals surface area contributed by atoms with Crippen molar-refractivity contribution in [3.05, 3.63) is 77.2 Å². The van der Waals surface area contributed by atoms with E-state index in [-0.39, 0.29) is 16.5 Å².